The summed E-state index contributed by atoms with van der Waals surface area (Å²) in [7, 11) is 0. The Hall–Kier alpha value is -1.81. The fraction of sp³-hybridized carbons (Fsp3) is 0.200. The number of hydrogen-bond acceptors (Lipinski definition) is 1. The summed E-state index contributed by atoms with van der Waals surface area (Å²) in [6.45, 7) is 0. The molecule has 0 saturated carbocycles. The average molecular weight is 265 g/mol. The van der Waals surface area contributed by atoms with Gasteiger partial charge in [0.05, 0.1) is 0 Å². The molecule has 0 amide bonds. The topological polar surface area (TPSA) is 26.0 Å². The second-order valence-corrected chi connectivity index (χ2v) is 4.54. The summed E-state index contributed by atoms with van der Waals surface area (Å²) in [5.74, 6) is -1.58. The molecule has 19 heavy (non-hydrogen) atoms. The molecule has 100 valence electrons. The van der Waals surface area contributed by atoms with Crippen molar-refractivity contribution in [2.45, 2.75) is 18.9 Å². The highest BCUT2D eigenvalue weighted by Crippen LogP contribution is 2.13. The second-order valence-electron chi connectivity index (χ2n) is 4.54. The second kappa shape index (κ2) is 5.89. The Morgan fingerprint density at radius 2 is 1.53 bits per heavy atom. The van der Waals surface area contributed by atoms with E-state index in [1.54, 1.807) is 18.2 Å². The number of rotatable bonds is 4. The summed E-state index contributed by atoms with van der Waals surface area (Å²) in [6, 6.07) is 9.25. The molecule has 0 spiro atoms. The van der Waals surface area contributed by atoms with Crippen LogP contribution in [0.4, 0.5) is 13.2 Å². The molecule has 2 aromatic carbocycles. The van der Waals surface area contributed by atoms with E-state index in [0.717, 1.165) is 6.07 Å². The summed E-state index contributed by atoms with van der Waals surface area (Å²) in [6.07, 6.45) is 0.619. The maximum atomic E-state index is 13.4. The smallest absolute Gasteiger partial charge is 0.126 e. The quantitative estimate of drug-likeness (QED) is 0.902. The maximum Gasteiger partial charge on any atom is 0.126 e. The number of nitrogens with two attached hydrogens (primary N) is 1. The van der Waals surface area contributed by atoms with Gasteiger partial charge in [-0.2, -0.15) is 0 Å². The number of hydrogen-bond donors (Lipinski definition) is 1. The van der Waals surface area contributed by atoms with Crippen LogP contribution in [-0.4, -0.2) is 6.04 Å². The van der Waals surface area contributed by atoms with E-state index in [4.69, 9.17) is 5.73 Å². The van der Waals surface area contributed by atoms with Crippen molar-refractivity contribution >= 4 is 0 Å². The zero-order valence-corrected chi connectivity index (χ0v) is 10.2. The van der Waals surface area contributed by atoms with Crippen LogP contribution < -0.4 is 5.73 Å². The van der Waals surface area contributed by atoms with Crippen molar-refractivity contribution in [2.75, 3.05) is 0 Å². The van der Waals surface area contributed by atoms with E-state index in [9.17, 15) is 13.2 Å². The lowest BCUT2D eigenvalue weighted by molar-refractivity contribution is 0.567. The van der Waals surface area contributed by atoms with Crippen LogP contribution in [0.25, 0.3) is 0 Å². The zero-order valence-electron chi connectivity index (χ0n) is 10.2. The lowest BCUT2D eigenvalue weighted by Gasteiger charge is -2.12. The van der Waals surface area contributed by atoms with Crippen LogP contribution in [0.5, 0.6) is 0 Å². The SMILES string of the molecule is NC(Cc1cc(F)cc(F)c1)Cc1ccccc1F. The Labute approximate surface area is 109 Å². The van der Waals surface area contributed by atoms with E-state index in [2.05, 4.69) is 0 Å². The van der Waals surface area contributed by atoms with Gasteiger partial charge in [-0.05, 0) is 42.2 Å². The van der Waals surface area contributed by atoms with Crippen molar-refractivity contribution in [3.63, 3.8) is 0 Å². The summed E-state index contributed by atoms with van der Waals surface area (Å²) in [4.78, 5) is 0. The molecule has 2 N–H and O–H groups in total. The van der Waals surface area contributed by atoms with Gasteiger partial charge in [0.15, 0.2) is 0 Å². The minimum absolute atomic E-state index is 0.295. The van der Waals surface area contributed by atoms with Gasteiger partial charge in [-0.25, -0.2) is 13.2 Å². The minimum Gasteiger partial charge on any atom is -0.327 e. The van der Waals surface area contributed by atoms with Gasteiger partial charge in [0.1, 0.15) is 17.5 Å². The standard InChI is InChI=1S/C15H14F3N/c16-12-5-10(6-13(17)9-12)7-14(19)8-11-3-1-2-4-15(11)18/h1-6,9,14H,7-8,19H2. The van der Waals surface area contributed by atoms with Crippen molar-refractivity contribution in [1.29, 1.82) is 0 Å². The minimum atomic E-state index is -0.631. The third kappa shape index (κ3) is 3.83. The van der Waals surface area contributed by atoms with Gasteiger partial charge in [0.25, 0.3) is 0 Å². The van der Waals surface area contributed by atoms with Gasteiger partial charge in [0, 0.05) is 12.1 Å². The molecular formula is C15H14F3N. The lowest BCUT2D eigenvalue weighted by Crippen LogP contribution is -2.26. The Kier molecular flexibility index (Phi) is 4.22. The van der Waals surface area contributed by atoms with E-state index >= 15 is 0 Å². The predicted molar refractivity (Wildman–Crippen MR) is 68.1 cm³/mol. The molecule has 0 aliphatic heterocycles. The number of halogens is 3. The third-order valence-electron chi connectivity index (χ3n) is 2.86. The highest BCUT2D eigenvalue weighted by Gasteiger charge is 2.10. The molecule has 0 fully saturated rings. The summed E-state index contributed by atoms with van der Waals surface area (Å²) in [5.41, 5.74) is 6.88. The van der Waals surface area contributed by atoms with Gasteiger partial charge in [-0.15, -0.1) is 0 Å². The first kappa shape index (κ1) is 13.6. The Balaban J connectivity index is 2.05. The van der Waals surface area contributed by atoms with E-state index in [1.165, 1.54) is 18.2 Å². The lowest BCUT2D eigenvalue weighted by atomic mass is 9.99. The molecule has 0 bridgehead atoms. The van der Waals surface area contributed by atoms with Gasteiger partial charge in [0.2, 0.25) is 0 Å². The van der Waals surface area contributed by atoms with Crippen molar-refractivity contribution in [3.05, 3.63) is 71.0 Å². The van der Waals surface area contributed by atoms with Crippen LogP contribution in [0, 0.1) is 17.5 Å². The van der Waals surface area contributed by atoms with Gasteiger partial charge in [-0.1, -0.05) is 18.2 Å². The zero-order chi connectivity index (χ0) is 13.8. The molecule has 1 nitrogen and oxygen atoms in total. The van der Waals surface area contributed by atoms with Crippen LogP contribution in [0.1, 0.15) is 11.1 Å². The summed E-state index contributed by atoms with van der Waals surface area (Å²) < 4.78 is 39.5. The Morgan fingerprint density at radius 1 is 0.895 bits per heavy atom. The van der Waals surface area contributed by atoms with E-state index in [-0.39, 0.29) is 5.82 Å². The van der Waals surface area contributed by atoms with E-state index in [0.29, 0.717) is 24.0 Å². The molecule has 0 aliphatic rings. The van der Waals surface area contributed by atoms with Crippen molar-refractivity contribution in [2.24, 2.45) is 5.73 Å². The first-order valence-electron chi connectivity index (χ1n) is 5.98. The number of benzene rings is 2. The molecule has 0 radical (unpaired) electrons. The normalized spacial score (nSPS) is 12.4. The fourth-order valence-corrected chi connectivity index (χ4v) is 2.05. The molecule has 2 rings (SSSR count). The molecule has 0 saturated heterocycles. The van der Waals surface area contributed by atoms with Crippen LogP contribution in [-0.2, 0) is 12.8 Å². The predicted octanol–water partition coefficient (Wildman–Crippen LogP) is 3.22. The van der Waals surface area contributed by atoms with Gasteiger partial charge >= 0.3 is 0 Å². The molecule has 0 aliphatic carbocycles. The molecule has 1 atom stereocenters. The highest BCUT2D eigenvalue weighted by molar-refractivity contribution is 5.22. The van der Waals surface area contributed by atoms with Crippen molar-refractivity contribution < 1.29 is 13.2 Å². The molecular weight excluding hydrogens is 251 g/mol. The third-order valence-corrected chi connectivity index (χ3v) is 2.86. The maximum absolute atomic E-state index is 13.4. The molecule has 2 aromatic rings. The van der Waals surface area contributed by atoms with E-state index in [1.807, 2.05) is 0 Å². The van der Waals surface area contributed by atoms with Crippen LogP contribution in [0.3, 0.4) is 0 Å². The monoisotopic (exact) mass is 265 g/mol. The van der Waals surface area contributed by atoms with Crippen molar-refractivity contribution in [3.8, 4) is 0 Å². The van der Waals surface area contributed by atoms with Crippen LogP contribution in [0.15, 0.2) is 42.5 Å². The van der Waals surface area contributed by atoms with Crippen LogP contribution in [0.2, 0.25) is 0 Å². The molecule has 0 heterocycles. The molecule has 1 unspecified atom stereocenters. The molecule has 4 heteroatoms. The summed E-state index contributed by atoms with van der Waals surface area (Å²) >= 11 is 0. The van der Waals surface area contributed by atoms with E-state index < -0.39 is 17.7 Å². The summed E-state index contributed by atoms with van der Waals surface area (Å²) in [5, 5.41) is 0. The largest absolute Gasteiger partial charge is 0.327 e. The van der Waals surface area contributed by atoms with Gasteiger partial charge < -0.3 is 5.73 Å². The highest BCUT2D eigenvalue weighted by atomic mass is 19.1. The van der Waals surface area contributed by atoms with Gasteiger partial charge in [-0.3, -0.25) is 0 Å². The van der Waals surface area contributed by atoms with Crippen molar-refractivity contribution in [1.82, 2.24) is 0 Å². The Bertz CT molecular complexity index is 549. The molecule has 0 aromatic heterocycles. The first-order valence-corrected chi connectivity index (χ1v) is 5.98. The van der Waals surface area contributed by atoms with Crippen LogP contribution >= 0.6 is 0 Å². The Morgan fingerprint density at radius 3 is 2.16 bits per heavy atom. The first-order chi connectivity index (χ1) is 9.04. The average Bonchev–Trinajstić information content (AvgIpc) is 2.30. The fourth-order valence-electron chi connectivity index (χ4n) is 2.05.